The van der Waals surface area contributed by atoms with Gasteiger partial charge >= 0.3 is 0 Å². The van der Waals surface area contributed by atoms with E-state index < -0.39 is 10.8 Å². The molecule has 1 N–H and O–H groups in total. The Morgan fingerprint density at radius 2 is 1.71 bits per heavy atom. The molecular weight excluding hydrogens is 445 g/mol. The molecule has 0 spiro atoms. The van der Waals surface area contributed by atoms with Crippen LogP contribution in [0.3, 0.4) is 0 Å². The van der Waals surface area contributed by atoms with E-state index in [-0.39, 0.29) is 46.6 Å². The molecule has 31 heavy (non-hydrogen) atoms. The van der Waals surface area contributed by atoms with E-state index in [1.165, 1.54) is 43.5 Å². The van der Waals surface area contributed by atoms with Gasteiger partial charge < -0.3 is 30.6 Å². The number of hydrogen-bond acceptors (Lipinski definition) is 6. The third-order valence-electron chi connectivity index (χ3n) is 4.18. The Bertz CT molecular complexity index is 831. The van der Waals surface area contributed by atoms with Crippen molar-refractivity contribution in [2.24, 2.45) is 17.3 Å². The van der Waals surface area contributed by atoms with Crippen LogP contribution < -0.4 is 15.1 Å². The summed E-state index contributed by atoms with van der Waals surface area (Å²) in [6.07, 6.45) is 2.37. The summed E-state index contributed by atoms with van der Waals surface area (Å²) < 4.78 is 1.29. The van der Waals surface area contributed by atoms with Crippen LogP contribution in [-0.4, -0.2) is 41.2 Å². The molecule has 0 saturated heterocycles. The molecule has 0 aliphatic rings. The minimum Gasteiger partial charge on any atom is -2.00 e. The molecule has 0 amide bonds. The third kappa shape index (κ3) is 10.8. The minimum absolute atomic E-state index is 0. The van der Waals surface area contributed by atoms with Crippen molar-refractivity contribution >= 4 is 17.8 Å². The Kier molecular flexibility index (Phi) is 18.1. The molecule has 0 aliphatic heterocycles. The maximum Gasteiger partial charge on any atom is 0.287 e. The number of quaternary nitrogens is 1. The van der Waals surface area contributed by atoms with E-state index in [0.29, 0.717) is 5.56 Å². The van der Waals surface area contributed by atoms with Crippen molar-refractivity contribution < 1.29 is 49.5 Å². The molecule has 0 unspecified atom stereocenters. The maximum absolute atomic E-state index is 11.8. The van der Waals surface area contributed by atoms with E-state index in [0.717, 1.165) is 12.3 Å². The molecular formula is C19H26N5O6V-5. The Hall–Kier alpha value is -2.70. The fourth-order valence-electron chi connectivity index (χ4n) is 2.39. The molecule has 0 fully saturated rings. The quantitative estimate of drug-likeness (QED) is 0.255. The van der Waals surface area contributed by atoms with E-state index in [1.54, 1.807) is 23.1 Å². The van der Waals surface area contributed by atoms with E-state index >= 15 is 0 Å². The van der Waals surface area contributed by atoms with Gasteiger partial charge in [-0.25, -0.2) is 0 Å². The zero-order valence-electron chi connectivity index (χ0n) is 17.8. The molecule has 173 valence electrons. The maximum atomic E-state index is 11.8. The van der Waals surface area contributed by atoms with Gasteiger partial charge in [-0.2, -0.15) is 10.2 Å². The summed E-state index contributed by atoms with van der Waals surface area (Å²) in [4.78, 5) is 11.7. The fourth-order valence-corrected chi connectivity index (χ4v) is 2.39. The predicted octanol–water partition coefficient (Wildman–Crippen LogP) is -0.161. The van der Waals surface area contributed by atoms with Gasteiger partial charge in [0.25, 0.3) is 5.69 Å². The monoisotopic (exact) mass is 471 g/mol. The van der Waals surface area contributed by atoms with Crippen LogP contribution in [0, 0.1) is 10.1 Å². The van der Waals surface area contributed by atoms with E-state index in [4.69, 9.17) is 0 Å². The molecule has 11 nitrogen and oxygen atoms in total. The second kappa shape index (κ2) is 17.0. The number of nitrogens with one attached hydrogen (secondary N) is 1. The van der Waals surface area contributed by atoms with Crippen molar-refractivity contribution in [3.8, 4) is 5.75 Å². The van der Waals surface area contributed by atoms with Gasteiger partial charge in [-0.15, -0.1) is 0 Å². The SMILES string of the molecule is CC[NH+](CC)CC.Cn1cc([N+](=O)[O-])cc1/C([O-])=N/N=C/c1ccccc1[O-].[O-2].[O-2].[V]. The first-order valence-electron chi connectivity index (χ1n) is 9.02. The summed E-state index contributed by atoms with van der Waals surface area (Å²) in [6.45, 7) is 10.5. The normalized spacial score (nSPS) is 10.4. The van der Waals surface area contributed by atoms with Crippen molar-refractivity contribution in [1.82, 2.24) is 4.57 Å². The summed E-state index contributed by atoms with van der Waals surface area (Å²) >= 11 is 0. The second-order valence-corrected chi connectivity index (χ2v) is 5.95. The topological polar surface area (TPSA) is 180 Å². The number of rotatable bonds is 7. The average molecular weight is 471 g/mol. The molecule has 0 saturated carbocycles. The summed E-state index contributed by atoms with van der Waals surface area (Å²) in [5, 5.41) is 40.7. The first-order valence-corrected chi connectivity index (χ1v) is 9.02. The predicted molar refractivity (Wildman–Crippen MR) is 106 cm³/mol. The summed E-state index contributed by atoms with van der Waals surface area (Å²) in [5.41, 5.74) is 0.131. The van der Waals surface area contributed by atoms with Crippen LogP contribution in [0.15, 0.2) is 46.7 Å². The van der Waals surface area contributed by atoms with Gasteiger partial charge in [0.1, 0.15) is 0 Å². The van der Waals surface area contributed by atoms with Crippen molar-refractivity contribution in [1.29, 1.82) is 0 Å². The fraction of sp³-hybridized carbons (Fsp3) is 0.368. The van der Waals surface area contributed by atoms with Crippen LogP contribution in [-0.2, 0) is 36.6 Å². The summed E-state index contributed by atoms with van der Waals surface area (Å²) in [6, 6.07) is 7.27. The first kappa shape index (κ1) is 33.0. The van der Waals surface area contributed by atoms with Crippen LogP contribution in [0.4, 0.5) is 5.69 Å². The number of benzene rings is 1. The smallest absolute Gasteiger partial charge is 0.287 e. The average Bonchev–Trinajstić information content (AvgIpc) is 3.07. The van der Waals surface area contributed by atoms with Gasteiger partial charge in [-0.3, -0.25) is 10.1 Å². The Morgan fingerprint density at radius 1 is 1.16 bits per heavy atom. The molecule has 0 aliphatic carbocycles. The molecule has 2 rings (SSSR count). The minimum atomic E-state index is -0.731. The van der Waals surface area contributed by atoms with Gasteiger partial charge in [-0.1, -0.05) is 30.0 Å². The van der Waals surface area contributed by atoms with Crippen LogP contribution in [0.5, 0.6) is 5.75 Å². The molecule has 1 aromatic carbocycles. The van der Waals surface area contributed by atoms with Crippen molar-refractivity contribution in [3.05, 3.63) is 57.9 Å². The first-order chi connectivity index (χ1) is 13.3. The van der Waals surface area contributed by atoms with Crippen molar-refractivity contribution in [2.45, 2.75) is 20.8 Å². The molecule has 0 bridgehead atoms. The van der Waals surface area contributed by atoms with Gasteiger partial charge in [0.15, 0.2) is 0 Å². The van der Waals surface area contributed by atoms with E-state index in [2.05, 4.69) is 31.0 Å². The van der Waals surface area contributed by atoms with Gasteiger partial charge in [-0.05, 0) is 26.3 Å². The van der Waals surface area contributed by atoms with Crippen molar-refractivity contribution in [2.75, 3.05) is 19.6 Å². The Morgan fingerprint density at radius 3 is 2.13 bits per heavy atom. The van der Waals surface area contributed by atoms with Crippen LogP contribution in [0.1, 0.15) is 32.0 Å². The largest absolute Gasteiger partial charge is 2.00 e. The number of hydrogen-bond donors (Lipinski definition) is 1. The molecule has 12 heteroatoms. The van der Waals surface area contributed by atoms with E-state index in [9.17, 15) is 20.3 Å². The Labute approximate surface area is 193 Å². The number of aryl methyl sites for hydroxylation is 1. The molecule has 1 aromatic heterocycles. The Balaban J connectivity index is -0.000000686. The third-order valence-corrected chi connectivity index (χ3v) is 4.18. The number of nitro groups is 1. The zero-order chi connectivity index (χ0) is 21.1. The van der Waals surface area contributed by atoms with Gasteiger partial charge in [0, 0.05) is 37.6 Å². The van der Waals surface area contributed by atoms with E-state index in [1.807, 2.05) is 0 Å². The van der Waals surface area contributed by atoms with Crippen LogP contribution >= 0.6 is 0 Å². The van der Waals surface area contributed by atoms with Gasteiger partial charge in [0.05, 0.1) is 42.7 Å². The molecule has 1 heterocycles. The second-order valence-electron chi connectivity index (χ2n) is 5.95. The summed E-state index contributed by atoms with van der Waals surface area (Å²) in [5.74, 6) is -0.969. The van der Waals surface area contributed by atoms with Crippen LogP contribution in [0.2, 0.25) is 0 Å². The number of nitrogens with zero attached hydrogens (tertiary/aromatic N) is 4. The number of para-hydroxylation sites is 1. The molecule has 0 atom stereocenters. The van der Waals surface area contributed by atoms with Gasteiger partial charge in [0.2, 0.25) is 0 Å². The van der Waals surface area contributed by atoms with Crippen LogP contribution in [0.25, 0.3) is 0 Å². The molecule has 1 radical (unpaired) electrons. The zero-order valence-corrected chi connectivity index (χ0v) is 19.2. The number of aromatic nitrogens is 1. The molecule has 2 aromatic rings. The summed E-state index contributed by atoms with van der Waals surface area (Å²) in [7, 11) is 1.49. The standard InChI is InChI=1S/C13H12N4O4.C6H15N.2O.V/c1-16-8-10(17(20)21)6-11(16)13(19)15-14-7-9-4-2-3-5-12(9)18;1-4-7(5-2)6-3;;;/h2-8,18H,1H3,(H,15,19);4-6H2,1-3H3;;;/q;;2*-2;/p-1/b14-7+;;;;. The van der Waals surface area contributed by atoms with Crippen molar-refractivity contribution in [3.63, 3.8) is 0 Å².